The maximum Gasteiger partial charge on any atom is 0.130 e. The molecule has 0 spiro atoms. The van der Waals surface area contributed by atoms with Crippen molar-refractivity contribution in [2.45, 2.75) is 19.1 Å². The van der Waals surface area contributed by atoms with E-state index in [2.05, 4.69) is 10.3 Å². The van der Waals surface area contributed by atoms with E-state index in [4.69, 9.17) is 4.74 Å². The summed E-state index contributed by atoms with van der Waals surface area (Å²) in [5.74, 6) is 0. The Labute approximate surface area is 48.9 Å². The van der Waals surface area contributed by atoms with Crippen LogP contribution in [0, 0.1) is 0 Å². The molecule has 8 heavy (non-hydrogen) atoms. The molecule has 48 valence electrons. The number of hydrogen-bond acceptors (Lipinski definition) is 3. The van der Waals surface area contributed by atoms with E-state index in [0.29, 0.717) is 0 Å². The second-order valence-electron chi connectivity index (χ2n) is 1.82. The number of ether oxygens (including phenoxy) is 1. The molecular weight excluding hydrogens is 106 g/mol. The Balaban J connectivity index is 2.06. The van der Waals surface area contributed by atoms with E-state index < -0.39 is 0 Å². The second kappa shape index (κ2) is 3.02. The van der Waals surface area contributed by atoms with Crippen LogP contribution in [0.4, 0.5) is 0 Å². The number of rotatable bonds is 2. The normalized spacial score (nSPS) is 28.9. The summed E-state index contributed by atoms with van der Waals surface area (Å²) in [6, 6.07) is 0. The molecule has 0 aromatic heterocycles. The van der Waals surface area contributed by atoms with E-state index in [9.17, 15) is 0 Å². The summed E-state index contributed by atoms with van der Waals surface area (Å²) < 4.78 is 5.16. The highest BCUT2D eigenvalue weighted by atomic mass is 16.7. The zero-order valence-electron chi connectivity index (χ0n) is 5.02. The molecular formula is C5H11NO2. The highest BCUT2D eigenvalue weighted by Crippen LogP contribution is 2.07. The van der Waals surface area contributed by atoms with Gasteiger partial charge < -0.3 is 9.57 Å². The van der Waals surface area contributed by atoms with Crippen molar-refractivity contribution in [1.29, 1.82) is 0 Å². The minimum Gasteiger partial charge on any atom is -0.361 e. The van der Waals surface area contributed by atoms with E-state index in [-0.39, 0.29) is 6.23 Å². The average molecular weight is 117 g/mol. The Kier molecular flexibility index (Phi) is 2.27. The van der Waals surface area contributed by atoms with Crippen LogP contribution in [0.3, 0.4) is 0 Å². The minimum absolute atomic E-state index is 0.139. The molecule has 1 unspecified atom stereocenters. The van der Waals surface area contributed by atoms with Crippen molar-refractivity contribution in [3.63, 3.8) is 0 Å². The molecule has 1 heterocycles. The van der Waals surface area contributed by atoms with Crippen LogP contribution in [-0.4, -0.2) is 19.9 Å². The molecule has 1 saturated heterocycles. The molecule has 1 fully saturated rings. The lowest BCUT2D eigenvalue weighted by Crippen LogP contribution is -2.26. The summed E-state index contributed by atoms with van der Waals surface area (Å²) >= 11 is 0. The van der Waals surface area contributed by atoms with Crippen LogP contribution in [0.2, 0.25) is 0 Å². The Bertz CT molecular complexity index is 61.4. The summed E-state index contributed by atoms with van der Waals surface area (Å²) in [5, 5.41) is 0. The molecule has 3 heteroatoms. The SMILES string of the molecule is CONC1CCCO1. The summed E-state index contributed by atoms with van der Waals surface area (Å²) in [5.41, 5.74) is 2.72. The van der Waals surface area contributed by atoms with Crippen LogP contribution in [-0.2, 0) is 9.57 Å². The fourth-order valence-electron chi connectivity index (χ4n) is 0.802. The standard InChI is InChI=1S/C5H11NO2/c1-7-6-5-3-2-4-8-5/h5-6H,2-4H2,1H3. The molecule has 3 nitrogen and oxygen atoms in total. The molecule has 0 aliphatic carbocycles. The molecule has 0 amide bonds. The fraction of sp³-hybridized carbons (Fsp3) is 1.00. The summed E-state index contributed by atoms with van der Waals surface area (Å²) in [6.07, 6.45) is 2.34. The molecule has 1 atom stereocenters. The molecule has 1 aliphatic heterocycles. The largest absolute Gasteiger partial charge is 0.361 e. The van der Waals surface area contributed by atoms with Gasteiger partial charge in [-0.1, -0.05) is 0 Å². The lowest BCUT2D eigenvalue weighted by Gasteiger charge is -2.07. The van der Waals surface area contributed by atoms with Gasteiger partial charge >= 0.3 is 0 Å². The Morgan fingerprint density at radius 3 is 3.12 bits per heavy atom. The van der Waals surface area contributed by atoms with Crippen LogP contribution < -0.4 is 5.48 Å². The monoisotopic (exact) mass is 117 g/mol. The van der Waals surface area contributed by atoms with Crippen molar-refractivity contribution in [1.82, 2.24) is 5.48 Å². The van der Waals surface area contributed by atoms with E-state index in [1.165, 1.54) is 0 Å². The van der Waals surface area contributed by atoms with Crippen molar-refractivity contribution < 1.29 is 9.57 Å². The van der Waals surface area contributed by atoms with Gasteiger partial charge in [0.1, 0.15) is 6.23 Å². The third-order valence-electron chi connectivity index (χ3n) is 1.18. The molecule has 0 aromatic carbocycles. The average Bonchev–Trinajstić information content (AvgIpc) is 2.19. The van der Waals surface area contributed by atoms with E-state index in [0.717, 1.165) is 19.4 Å². The third kappa shape index (κ3) is 1.43. The molecule has 1 N–H and O–H groups in total. The summed E-state index contributed by atoms with van der Waals surface area (Å²) in [7, 11) is 1.60. The number of hydroxylamine groups is 1. The molecule has 0 radical (unpaired) electrons. The van der Waals surface area contributed by atoms with Crippen LogP contribution >= 0.6 is 0 Å². The highest BCUT2D eigenvalue weighted by Gasteiger charge is 2.13. The van der Waals surface area contributed by atoms with Crippen molar-refractivity contribution in [3.05, 3.63) is 0 Å². The first-order valence-corrected chi connectivity index (χ1v) is 2.83. The van der Waals surface area contributed by atoms with Crippen LogP contribution in [0.1, 0.15) is 12.8 Å². The van der Waals surface area contributed by atoms with E-state index in [1.54, 1.807) is 7.11 Å². The van der Waals surface area contributed by atoms with Gasteiger partial charge in [0, 0.05) is 6.61 Å². The van der Waals surface area contributed by atoms with Gasteiger partial charge in [0.2, 0.25) is 0 Å². The fourth-order valence-corrected chi connectivity index (χ4v) is 0.802. The lowest BCUT2D eigenvalue weighted by molar-refractivity contribution is -0.0437. The first kappa shape index (κ1) is 6.01. The molecule has 0 bridgehead atoms. The summed E-state index contributed by atoms with van der Waals surface area (Å²) in [4.78, 5) is 4.65. The molecule has 0 saturated carbocycles. The topological polar surface area (TPSA) is 30.5 Å². The zero-order chi connectivity index (χ0) is 5.82. The van der Waals surface area contributed by atoms with E-state index in [1.807, 2.05) is 0 Å². The van der Waals surface area contributed by atoms with Crippen molar-refractivity contribution in [3.8, 4) is 0 Å². The van der Waals surface area contributed by atoms with E-state index >= 15 is 0 Å². The Morgan fingerprint density at radius 2 is 2.62 bits per heavy atom. The van der Waals surface area contributed by atoms with Gasteiger partial charge in [0.15, 0.2) is 0 Å². The predicted octanol–water partition coefficient (Wildman–Crippen LogP) is 0.274. The highest BCUT2D eigenvalue weighted by molar-refractivity contribution is 4.56. The first-order chi connectivity index (χ1) is 3.93. The van der Waals surface area contributed by atoms with Gasteiger partial charge in [0.25, 0.3) is 0 Å². The van der Waals surface area contributed by atoms with Crippen molar-refractivity contribution in [2.75, 3.05) is 13.7 Å². The molecule has 1 rings (SSSR count). The van der Waals surface area contributed by atoms with Crippen molar-refractivity contribution >= 4 is 0 Å². The van der Waals surface area contributed by atoms with Gasteiger partial charge in [-0.05, 0) is 12.8 Å². The smallest absolute Gasteiger partial charge is 0.130 e. The third-order valence-corrected chi connectivity index (χ3v) is 1.18. The predicted molar refractivity (Wildman–Crippen MR) is 29.1 cm³/mol. The Morgan fingerprint density at radius 1 is 1.75 bits per heavy atom. The quantitative estimate of drug-likeness (QED) is 0.527. The van der Waals surface area contributed by atoms with Gasteiger partial charge in [0.05, 0.1) is 7.11 Å². The maximum absolute atomic E-state index is 5.16. The van der Waals surface area contributed by atoms with Crippen LogP contribution in [0.25, 0.3) is 0 Å². The Hall–Kier alpha value is -0.120. The molecule has 1 aliphatic rings. The van der Waals surface area contributed by atoms with Crippen LogP contribution in [0.15, 0.2) is 0 Å². The van der Waals surface area contributed by atoms with Gasteiger partial charge in [-0.3, -0.25) is 0 Å². The van der Waals surface area contributed by atoms with Crippen molar-refractivity contribution in [2.24, 2.45) is 0 Å². The summed E-state index contributed by atoms with van der Waals surface area (Å²) in [6.45, 7) is 0.862. The first-order valence-electron chi connectivity index (χ1n) is 2.83. The van der Waals surface area contributed by atoms with Gasteiger partial charge in [-0.25, -0.2) is 0 Å². The van der Waals surface area contributed by atoms with Crippen LogP contribution in [0.5, 0.6) is 0 Å². The number of hydrogen-bond donors (Lipinski definition) is 1. The lowest BCUT2D eigenvalue weighted by atomic mass is 10.3. The van der Waals surface area contributed by atoms with Gasteiger partial charge in [-0.15, -0.1) is 0 Å². The molecule has 0 aromatic rings. The zero-order valence-corrected chi connectivity index (χ0v) is 5.02. The number of nitrogens with one attached hydrogen (secondary N) is 1. The second-order valence-corrected chi connectivity index (χ2v) is 1.82. The maximum atomic E-state index is 5.16. The minimum atomic E-state index is 0.139. The van der Waals surface area contributed by atoms with Gasteiger partial charge in [-0.2, -0.15) is 5.48 Å².